The Morgan fingerprint density at radius 3 is 2.67 bits per heavy atom. The van der Waals surface area contributed by atoms with Crippen LogP contribution in [0.2, 0.25) is 0 Å². The maximum atomic E-state index is 12.4. The van der Waals surface area contributed by atoms with Crippen LogP contribution in [-0.4, -0.2) is 38.2 Å². The van der Waals surface area contributed by atoms with E-state index in [-0.39, 0.29) is 24.7 Å². The Bertz CT molecular complexity index is 1310. The van der Waals surface area contributed by atoms with Crippen molar-refractivity contribution in [2.75, 3.05) is 5.32 Å². The molecule has 0 saturated heterocycles. The van der Waals surface area contributed by atoms with E-state index >= 15 is 0 Å². The normalized spacial score (nSPS) is 12.3. The van der Waals surface area contributed by atoms with Crippen LogP contribution in [0.4, 0.5) is 18.3 Å². The maximum absolute atomic E-state index is 12.4. The number of nitrogens with two attached hydrogens (primary N) is 2. The smallest absolute Gasteiger partial charge is 0.406 e. The van der Waals surface area contributed by atoms with Crippen LogP contribution in [0.3, 0.4) is 0 Å². The number of carbonyl (C=O) groups excluding carboxylic acids is 2. The Labute approximate surface area is 225 Å². The third-order valence-electron chi connectivity index (χ3n) is 4.94. The SMILES string of the molecule is N/C(=C\C=C(/N)NC(=O)Cc1cccc(OC(F)(F)F)c1)CCCCc1nnc(NC(=O)Cn2cccn2)s1. The van der Waals surface area contributed by atoms with Crippen molar-refractivity contribution in [3.63, 3.8) is 0 Å². The number of carbonyl (C=O) groups is 2. The molecule has 0 radical (unpaired) electrons. The fraction of sp³-hybridized carbons (Fsp3) is 0.292. The number of anilines is 1. The number of rotatable bonds is 13. The Kier molecular flexibility index (Phi) is 10.4. The van der Waals surface area contributed by atoms with Crippen LogP contribution in [0.15, 0.2) is 66.4 Å². The summed E-state index contributed by atoms with van der Waals surface area (Å²) in [6.45, 7) is 0.0881. The molecular weight excluding hydrogens is 537 g/mol. The summed E-state index contributed by atoms with van der Waals surface area (Å²) in [5.74, 6) is -1.12. The number of allylic oxidation sites excluding steroid dienone is 3. The van der Waals surface area contributed by atoms with Crippen molar-refractivity contribution in [1.82, 2.24) is 25.3 Å². The summed E-state index contributed by atoms with van der Waals surface area (Å²) in [6.07, 6.45) is 4.10. The average molecular weight is 565 g/mol. The molecule has 0 aliphatic heterocycles. The van der Waals surface area contributed by atoms with Crippen LogP contribution in [0, 0.1) is 0 Å². The first-order valence-electron chi connectivity index (χ1n) is 11.7. The largest absolute Gasteiger partial charge is 0.573 e. The number of nitrogens with zero attached hydrogens (tertiary/aromatic N) is 4. The summed E-state index contributed by atoms with van der Waals surface area (Å²) < 4.78 is 42.4. The van der Waals surface area contributed by atoms with Crippen LogP contribution in [-0.2, 0) is 29.0 Å². The molecule has 0 aliphatic carbocycles. The van der Waals surface area contributed by atoms with Crippen molar-refractivity contribution in [2.45, 2.75) is 45.0 Å². The van der Waals surface area contributed by atoms with E-state index in [1.165, 1.54) is 34.2 Å². The van der Waals surface area contributed by atoms with Crippen LogP contribution in [0.1, 0.15) is 29.8 Å². The van der Waals surface area contributed by atoms with Crippen molar-refractivity contribution in [1.29, 1.82) is 0 Å². The van der Waals surface area contributed by atoms with Crippen molar-refractivity contribution >= 4 is 28.3 Å². The van der Waals surface area contributed by atoms with Crippen molar-refractivity contribution < 1.29 is 27.5 Å². The minimum absolute atomic E-state index is 0.0432. The van der Waals surface area contributed by atoms with Gasteiger partial charge < -0.3 is 21.5 Å². The van der Waals surface area contributed by atoms with E-state index in [1.807, 2.05) is 0 Å². The zero-order valence-corrected chi connectivity index (χ0v) is 21.5. The molecule has 2 aromatic heterocycles. The van der Waals surface area contributed by atoms with Gasteiger partial charge in [-0.15, -0.1) is 23.4 Å². The number of benzene rings is 1. The molecule has 2 heterocycles. The summed E-state index contributed by atoms with van der Waals surface area (Å²) >= 11 is 1.30. The molecule has 1 aromatic carbocycles. The number of aryl methyl sites for hydroxylation is 1. The molecule has 15 heteroatoms. The van der Waals surface area contributed by atoms with Gasteiger partial charge in [-0.3, -0.25) is 19.6 Å². The van der Waals surface area contributed by atoms with E-state index in [0.29, 0.717) is 29.2 Å². The summed E-state index contributed by atoms with van der Waals surface area (Å²) in [6, 6.07) is 6.87. The number of ether oxygens (including phenoxy) is 1. The quantitative estimate of drug-likeness (QED) is 0.182. The Morgan fingerprint density at radius 1 is 1.10 bits per heavy atom. The molecule has 0 atom stereocenters. The average Bonchev–Trinajstić information content (AvgIpc) is 3.51. The Hall–Kier alpha value is -4.40. The number of alkyl halides is 3. The van der Waals surface area contributed by atoms with E-state index in [9.17, 15) is 22.8 Å². The zero-order chi connectivity index (χ0) is 28.3. The van der Waals surface area contributed by atoms with Gasteiger partial charge in [-0.25, -0.2) is 0 Å². The predicted octanol–water partition coefficient (Wildman–Crippen LogP) is 2.99. The lowest BCUT2D eigenvalue weighted by molar-refractivity contribution is -0.274. The first kappa shape index (κ1) is 29.2. The van der Waals surface area contributed by atoms with E-state index < -0.39 is 18.0 Å². The molecule has 2 amide bonds. The number of halogens is 3. The van der Waals surface area contributed by atoms with Gasteiger partial charge in [0.25, 0.3) is 0 Å². The first-order valence-corrected chi connectivity index (χ1v) is 12.5. The molecule has 0 aliphatic rings. The molecule has 3 rings (SSSR count). The van der Waals surface area contributed by atoms with Gasteiger partial charge in [0.1, 0.15) is 23.1 Å². The number of hydrogen-bond acceptors (Lipinski definition) is 9. The molecule has 0 fully saturated rings. The lowest BCUT2D eigenvalue weighted by Crippen LogP contribution is -2.28. The first-order chi connectivity index (χ1) is 18.6. The highest BCUT2D eigenvalue weighted by Crippen LogP contribution is 2.23. The number of nitrogens with one attached hydrogen (secondary N) is 2. The third kappa shape index (κ3) is 11.3. The second-order valence-corrected chi connectivity index (χ2v) is 9.31. The molecule has 6 N–H and O–H groups in total. The highest BCUT2D eigenvalue weighted by Gasteiger charge is 2.31. The summed E-state index contributed by atoms with van der Waals surface area (Å²) in [7, 11) is 0. The van der Waals surface area contributed by atoms with Gasteiger partial charge in [-0.1, -0.05) is 23.5 Å². The van der Waals surface area contributed by atoms with Gasteiger partial charge >= 0.3 is 6.36 Å². The van der Waals surface area contributed by atoms with Crippen LogP contribution in [0.25, 0.3) is 0 Å². The highest BCUT2D eigenvalue weighted by atomic mass is 32.1. The molecular formula is C24H27F3N8O3S. The Morgan fingerprint density at radius 2 is 1.92 bits per heavy atom. The minimum Gasteiger partial charge on any atom is -0.406 e. The van der Waals surface area contributed by atoms with Crippen LogP contribution < -0.4 is 26.8 Å². The standard InChI is InChI=1S/C24H27F3N8O3S/c25-24(26,27)38-18-7-3-5-16(13-18)14-20(36)31-19(29)10-9-17(28)6-1-2-8-22-33-34-23(39-22)32-21(37)15-35-12-4-11-30-35/h3-5,7,9-13H,1-2,6,8,14-15,28-29H2,(H,31,36)(H,32,34,37)/b17-9-,19-10+. The van der Waals surface area contributed by atoms with E-state index in [0.717, 1.165) is 30.0 Å². The summed E-state index contributed by atoms with van der Waals surface area (Å²) in [5.41, 5.74) is 12.7. The lowest BCUT2D eigenvalue weighted by Gasteiger charge is -2.10. The van der Waals surface area contributed by atoms with E-state index in [4.69, 9.17) is 11.5 Å². The second-order valence-electron chi connectivity index (χ2n) is 8.24. The molecule has 0 saturated carbocycles. The van der Waals surface area contributed by atoms with Crippen molar-refractivity contribution in [3.05, 3.63) is 77.0 Å². The van der Waals surface area contributed by atoms with Gasteiger partial charge in [0, 0.05) is 24.5 Å². The zero-order valence-electron chi connectivity index (χ0n) is 20.6. The van der Waals surface area contributed by atoms with Crippen molar-refractivity contribution in [3.8, 4) is 5.75 Å². The summed E-state index contributed by atoms with van der Waals surface area (Å²) in [5, 5.41) is 18.4. The monoisotopic (exact) mass is 564 g/mol. The fourth-order valence-electron chi connectivity index (χ4n) is 3.28. The van der Waals surface area contributed by atoms with Crippen LogP contribution in [0.5, 0.6) is 5.75 Å². The number of aromatic nitrogens is 4. The third-order valence-corrected chi connectivity index (χ3v) is 5.84. The fourth-order valence-corrected chi connectivity index (χ4v) is 4.07. The molecule has 3 aromatic rings. The maximum Gasteiger partial charge on any atom is 0.573 e. The molecule has 208 valence electrons. The molecule has 11 nitrogen and oxygen atoms in total. The van der Waals surface area contributed by atoms with Crippen molar-refractivity contribution in [2.24, 2.45) is 11.5 Å². The molecule has 0 bridgehead atoms. The molecule has 0 unspecified atom stereocenters. The predicted molar refractivity (Wildman–Crippen MR) is 138 cm³/mol. The van der Waals surface area contributed by atoms with Gasteiger partial charge in [0.2, 0.25) is 16.9 Å². The van der Waals surface area contributed by atoms with Gasteiger partial charge in [-0.05, 0) is 55.2 Å². The molecule has 0 spiro atoms. The van der Waals surface area contributed by atoms with Gasteiger partial charge in [0.15, 0.2) is 0 Å². The summed E-state index contributed by atoms with van der Waals surface area (Å²) in [4.78, 5) is 24.2. The second kappa shape index (κ2) is 13.9. The number of hydrogen-bond donors (Lipinski definition) is 4. The minimum atomic E-state index is -4.82. The molecule has 39 heavy (non-hydrogen) atoms. The lowest BCUT2D eigenvalue weighted by atomic mass is 10.1. The van der Waals surface area contributed by atoms with Crippen LogP contribution >= 0.6 is 11.3 Å². The van der Waals surface area contributed by atoms with Gasteiger partial charge in [-0.2, -0.15) is 5.10 Å². The van der Waals surface area contributed by atoms with E-state index in [1.54, 1.807) is 24.5 Å². The van der Waals surface area contributed by atoms with Gasteiger partial charge in [0.05, 0.1) is 6.42 Å². The number of unbranched alkanes of at least 4 members (excludes halogenated alkanes) is 1. The highest BCUT2D eigenvalue weighted by molar-refractivity contribution is 7.15. The van der Waals surface area contributed by atoms with E-state index in [2.05, 4.69) is 30.7 Å². The topological polar surface area (TPSA) is 163 Å². The Balaban J connectivity index is 1.35. The number of amides is 2.